The Bertz CT molecular complexity index is 714. The number of ether oxygens (including phenoxy) is 3. The summed E-state index contributed by atoms with van der Waals surface area (Å²) in [6.45, 7) is 4.33. The third-order valence-electron chi connectivity index (χ3n) is 4.22. The van der Waals surface area contributed by atoms with Crippen molar-refractivity contribution in [3.8, 4) is 0 Å². The van der Waals surface area contributed by atoms with Crippen molar-refractivity contribution in [3.05, 3.63) is 10.1 Å². The molecule has 0 aromatic rings. The average molecular weight is 481 g/mol. The maximum absolute atomic E-state index is 12.5. The molecule has 1 amide bonds. The number of aliphatic hydroxyl groups excluding tert-OH is 4. The Morgan fingerprint density at radius 2 is 1.85 bits per heavy atom. The van der Waals surface area contributed by atoms with Crippen LogP contribution in [0.4, 0.5) is 4.79 Å². The monoisotopic (exact) mass is 481 g/mol. The van der Waals surface area contributed by atoms with E-state index >= 15 is 0 Å². The summed E-state index contributed by atoms with van der Waals surface area (Å²) in [5, 5.41) is 55.6. The van der Waals surface area contributed by atoms with Crippen LogP contribution in [0.25, 0.3) is 0 Å². The Morgan fingerprint density at radius 1 is 1.21 bits per heavy atom. The summed E-state index contributed by atoms with van der Waals surface area (Å²) in [4.78, 5) is 34.9. The first-order chi connectivity index (χ1) is 15.2. The number of hydrogen-bond donors (Lipinski definition) is 7. The van der Waals surface area contributed by atoms with Crippen molar-refractivity contribution < 1.29 is 49.3 Å². The van der Waals surface area contributed by atoms with Crippen molar-refractivity contribution in [2.75, 3.05) is 13.2 Å². The Kier molecular flexibility index (Phi) is 10.7. The quantitative estimate of drug-likeness (QED) is 0.0436. The van der Waals surface area contributed by atoms with Gasteiger partial charge in [0.05, 0.1) is 0 Å². The number of esters is 1. The predicted molar refractivity (Wildman–Crippen MR) is 109 cm³/mol. The molecule has 0 aromatic carbocycles. The van der Waals surface area contributed by atoms with Crippen molar-refractivity contribution in [1.29, 1.82) is 0 Å². The van der Waals surface area contributed by atoms with Crippen LogP contribution in [0.3, 0.4) is 0 Å². The molecule has 0 aliphatic carbocycles. The molecular formula is C17H31N5O11. The molecule has 0 unspecified atom stereocenters. The number of nitro groups is 1. The molecule has 190 valence electrons. The molecule has 0 saturated carbocycles. The van der Waals surface area contributed by atoms with Gasteiger partial charge in [0.15, 0.2) is 11.3 Å². The van der Waals surface area contributed by atoms with E-state index in [9.17, 15) is 40.1 Å². The van der Waals surface area contributed by atoms with E-state index < -0.39 is 72.0 Å². The first kappa shape index (κ1) is 28.2. The topological polar surface area (TPSA) is 248 Å². The minimum Gasteiger partial charge on any atom is -0.461 e. The largest absolute Gasteiger partial charge is 0.461 e. The second-order valence-electron chi connectivity index (χ2n) is 8.16. The third-order valence-corrected chi connectivity index (χ3v) is 4.22. The molecule has 16 nitrogen and oxygen atoms in total. The molecule has 16 heteroatoms. The second-order valence-corrected chi connectivity index (χ2v) is 8.16. The van der Waals surface area contributed by atoms with Gasteiger partial charge in [0.25, 0.3) is 5.96 Å². The van der Waals surface area contributed by atoms with Crippen molar-refractivity contribution in [1.82, 2.24) is 10.6 Å². The van der Waals surface area contributed by atoms with E-state index in [1.807, 2.05) is 0 Å². The molecule has 1 saturated heterocycles. The van der Waals surface area contributed by atoms with Crippen LogP contribution in [-0.4, -0.2) is 99.0 Å². The van der Waals surface area contributed by atoms with Crippen molar-refractivity contribution >= 4 is 18.0 Å². The molecule has 6 atom stereocenters. The van der Waals surface area contributed by atoms with Gasteiger partial charge in [-0.3, -0.25) is 0 Å². The third kappa shape index (κ3) is 10.1. The number of nitrogens with zero attached hydrogens (tertiary/aromatic N) is 2. The number of hydrazone groups is 1. The van der Waals surface area contributed by atoms with Gasteiger partial charge in [0.2, 0.25) is 0 Å². The molecule has 8 N–H and O–H groups in total. The first-order valence-electron chi connectivity index (χ1n) is 9.97. The van der Waals surface area contributed by atoms with Gasteiger partial charge in [-0.25, -0.2) is 19.7 Å². The number of nitrogens with one attached hydrogen (secondary N) is 2. The van der Waals surface area contributed by atoms with E-state index in [-0.39, 0.29) is 19.4 Å². The lowest BCUT2D eigenvalue weighted by Gasteiger charge is -2.38. The first-order valence-corrected chi connectivity index (χ1v) is 9.97. The molecule has 1 rings (SSSR count). The maximum Gasteiger partial charge on any atom is 0.408 e. The highest BCUT2D eigenvalue weighted by Gasteiger charge is 2.43. The summed E-state index contributed by atoms with van der Waals surface area (Å²) < 4.78 is 15.1. The summed E-state index contributed by atoms with van der Waals surface area (Å²) in [5.41, 5.74) is 4.45. The van der Waals surface area contributed by atoms with Crippen LogP contribution in [0.5, 0.6) is 0 Å². The van der Waals surface area contributed by atoms with E-state index in [0.29, 0.717) is 0 Å². The van der Waals surface area contributed by atoms with Gasteiger partial charge in [-0.1, -0.05) is 0 Å². The van der Waals surface area contributed by atoms with Crippen LogP contribution < -0.4 is 16.4 Å². The number of aliphatic hydroxyl groups is 4. The zero-order valence-corrected chi connectivity index (χ0v) is 18.4. The molecule has 0 spiro atoms. The van der Waals surface area contributed by atoms with Gasteiger partial charge < -0.3 is 51.0 Å². The summed E-state index contributed by atoms with van der Waals surface area (Å²) in [6.07, 6.45) is -9.00. The molecule has 1 fully saturated rings. The van der Waals surface area contributed by atoms with Crippen molar-refractivity contribution in [2.45, 2.75) is 76.0 Å². The van der Waals surface area contributed by atoms with Gasteiger partial charge in [-0.05, 0) is 33.6 Å². The minimum absolute atomic E-state index is 0.00510. The van der Waals surface area contributed by atoms with Gasteiger partial charge in [-0.15, -0.1) is 0 Å². The molecule has 0 radical (unpaired) electrons. The number of rotatable bonds is 9. The lowest BCUT2D eigenvalue weighted by molar-refractivity contribution is -0.485. The summed E-state index contributed by atoms with van der Waals surface area (Å²) in [7, 11) is 0. The van der Waals surface area contributed by atoms with Crippen LogP contribution in [-0.2, 0) is 19.0 Å². The van der Waals surface area contributed by atoms with E-state index in [2.05, 4.69) is 15.7 Å². The summed E-state index contributed by atoms with van der Waals surface area (Å²) in [5.74, 6) is -1.39. The average Bonchev–Trinajstić information content (AvgIpc) is 2.68. The molecular weight excluding hydrogens is 450 g/mol. The van der Waals surface area contributed by atoms with Gasteiger partial charge in [0, 0.05) is 6.54 Å². The SMILES string of the molecule is CC(C)(C)OC(=O)N[C@H](CCCN/C(N)=N/[N+](=O)[O-])C(=O)OC[C@H]1O[C@H](O)[C@@H](O)[C@H](O)[C@H]1O. The fourth-order valence-corrected chi connectivity index (χ4v) is 2.68. The highest BCUT2D eigenvalue weighted by atomic mass is 16.7. The van der Waals surface area contributed by atoms with Crippen molar-refractivity contribution in [3.63, 3.8) is 0 Å². The number of nitrogens with two attached hydrogens (primary N) is 1. The van der Waals surface area contributed by atoms with Crippen LogP contribution in [0.15, 0.2) is 5.10 Å². The molecule has 1 aliphatic heterocycles. The van der Waals surface area contributed by atoms with Crippen molar-refractivity contribution in [2.24, 2.45) is 10.8 Å². The number of hydrogen-bond acceptors (Lipinski definition) is 11. The lowest BCUT2D eigenvalue weighted by atomic mass is 9.99. The number of carbonyl (C=O) groups excluding carboxylic acids is 2. The Hall–Kier alpha value is -2.79. The van der Waals surface area contributed by atoms with Gasteiger partial charge in [0.1, 0.15) is 47.8 Å². The Morgan fingerprint density at radius 3 is 2.42 bits per heavy atom. The van der Waals surface area contributed by atoms with E-state index in [4.69, 9.17) is 19.9 Å². The molecule has 0 bridgehead atoms. The number of guanidine groups is 1. The Balaban J connectivity index is 2.71. The molecule has 1 aliphatic rings. The zero-order chi connectivity index (χ0) is 25.3. The lowest BCUT2D eigenvalue weighted by Crippen LogP contribution is -2.59. The maximum atomic E-state index is 12.5. The fourth-order valence-electron chi connectivity index (χ4n) is 2.68. The van der Waals surface area contributed by atoms with Crippen LogP contribution in [0.1, 0.15) is 33.6 Å². The highest BCUT2D eigenvalue weighted by molar-refractivity contribution is 5.81. The summed E-state index contributed by atoms with van der Waals surface area (Å²) in [6, 6.07) is -1.23. The highest BCUT2D eigenvalue weighted by Crippen LogP contribution is 2.20. The number of amides is 1. The fraction of sp³-hybridized carbons (Fsp3) is 0.824. The van der Waals surface area contributed by atoms with Gasteiger partial charge in [-0.2, -0.15) is 0 Å². The van der Waals surface area contributed by atoms with E-state index in [1.54, 1.807) is 20.8 Å². The standard InChI is InChI=1S/C17H31N5O11/c1-17(2,3)33-16(28)20-8(5-4-6-19-15(18)21-22(29)30)13(26)31-7-9-10(23)11(24)12(25)14(27)32-9/h8-12,14,23-25,27H,4-7H2,1-3H3,(H,20,28)(H3,18,19,21)/t8-,9-,10+,11-,12+,14+/m1/s1. The smallest absolute Gasteiger partial charge is 0.408 e. The second kappa shape index (κ2) is 12.4. The summed E-state index contributed by atoms with van der Waals surface area (Å²) >= 11 is 0. The Labute approximate surface area is 188 Å². The number of carbonyl (C=O) groups is 2. The van der Waals surface area contributed by atoms with Gasteiger partial charge >= 0.3 is 12.1 Å². The van der Waals surface area contributed by atoms with Crippen LogP contribution in [0.2, 0.25) is 0 Å². The van der Waals surface area contributed by atoms with Crippen LogP contribution >= 0.6 is 0 Å². The predicted octanol–water partition coefficient (Wildman–Crippen LogP) is -2.90. The normalized spacial score (nSPS) is 26.8. The zero-order valence-electron chi connectivity index (χ0n) is 18.4. The van der Waals surface area contributed by atoms with E-state index in [0.717, 1.165) is 0 Å². The minimum atomic E-state index is -1.81. The van der Waals surface area contributed by atoms with E-state index in [1.165, 1.54) is 0 Å². The molecule has 0 aromatic heterocycles. The molecule has 33 heavy (non-hydrogen) atoms. The number of alkyl carbamates (subject to hydrolysis) is 1. The molecule has 1 heterocycles. The van der Waals surface area contributed by atoms with Crippen LogP contribution in [0, 0.1) is 10.1 Å².